The standard InChI is InChI=1S/C15H28N4/c1-12(13-8-6-5-7-9-13)16-10-14-11-19(18-17-14)15(2,3)4/h11-13,16H,5-10H2,1-4H3/t12-/m1/s1. The van der Waals surface area contributed by atoms with Crippen LogP contribution in [0.2, 0.25) is 0 Å². The zero-order valence-corrected chi connectivity index (χ0v) is 12.8. The van der Waals surface area contributed by atoms with E-state index in [-0.39, 0.29) is 5.54 Å². The molecule has 1 N–H and O–H groups in total. The number of aromatic nitrogens is 3. The van der Waals surface area contributed by atoms with Crippen molar-refractivity contribution in [3.63, 3.8) is 0 Å². The Morgan fingerprint density at radius 1 is 1.32 bits per heavy atom. The summed E-state index contributed by atoms with van der Waals surface area (Å²) < 4.78 is 1.94. The average Bonchev–Trinajstić information content (AvgIpc) is 2.86. The van der Waals surface area contributed by atoms with Gasteiger partial charge in [-0.25, -0.2) is 4.68 Å². The molecule has 1 aromatic rings. The number of rotatable bonds is 4. The molecule has 0 saturated heterocycles. The summed E-state index contributed by atoms with van der Waals surface area (Å²) in [5.41, 5.74) is 1.05. The van der Waals surface area contributed by atoms with E-state index in [0.717, 1.165) is 18.2 Å². The molecule has 0 radical (unpaired) electrons. The van der Waals surface area contributed by atoms with Crippen molar-refractivity contribution < 1.29 is 0 Å². The molecule has 1 saturated carbocycles. The Morgan fingerprint density at radius 2 is 2.00 bits per heavy atom. The van der Waals surface area contributed by atoms with Gasteiger partial charge in [0.1, 0.15) is 0 Å². The van der Waals surface area contributed by atoms with E-state index in [1.807, 2.05) is 4.68 Å². The van der Waals surface area contributed by atoms with Crippen LogP contribution in [0.5, 0.6) is 0 Å². The molecule has 0 aromatic carbocycles. The van der Waals surface area contributed by atoms with Crippen LogP contribution in [0, 0.1) is 5.92 Å². The fourth-order valence-corrected chi connectivity index (χ4v) is 2.77. The Bertz CT molecular complexity index is 385. The van der Waals surface area contributed by atoms with Crippen LogP contribution in [0.4, 0.5) is 0 Å². The molecule has 1 fully saturated rings. The van der Waals surface area contributed by atoms with Crippen LogP contribution >= 0.6 is 0 Å². The normalized spacial score (nSPS) is 19.6. The highest BCUT2D eigenvalue weighted by Crippen LogP contribution is 2.26. The van der Waals surface area contributed by atoms with E-state index in [2.05, 4.69) is 49.5 Å². The van der Waals surface area contributed by atoms with E-state index in [9.17, 15) is 0 Å². The van der Waals surface area contributed by atoms with Gasteiger partial charge < -0.3 is 5.32 Å². The number of hydrogen-bond acceptors (Lipinski definition) is 3. The van der Waals surface area contributed by atoms with Gasteiger partial charge in [-0.2, -0.15) is 0 Å². The maximum Gasteiger partial charge on any atom is 0.0965 e. The van der Waals surface area contributed by atoms with Crippen molar-refractivity contribution in [2.45, 2.75) is 77.9 Å². The van der Waals surface area contributed by atoms with E-state index >= 15 is 0 Å². The zero-order valence-electron chi connectivity index (χ0n) is 12.8. The van der Waals surface area contributed by atoms with Gasteiger partial charge >= 0.3 is 0 Å². The van der Waals surface area contributed by atoms with Crippen molar-refractivity contribution in [1.82, 2.24) is 20.3 Å². The minimum absolute atomic E-state index is 0.0141. The maximum atomic E-state index is 4.25. The van der Waals surface area contributed by atoms with E-state index < -0.39 is 0 Å². The van der Waals surface area contributed by atoms with Crippen LogP contribution in [0.3, 0.4) is 0 Å². The fourth-order valence-electron chi connectivity index (χ4n) is 2.77. The monoisotopic (exact) mass is 264 g/mol. The zero-order chi connectivity index (χ0) is 13.9. The summed E-state index contributed by atoms with van der Waals surface area (Å²) in [4.78, 5) is 0. The SMILES string of the molecule is C[C@@H](NCc1cn(C(C)(C)C)nn1)C1CCCCC1. The molecule has 0 unspecified atom stereocenters. The lowest BCUT2D eigenvalue weighted by atomic mass is 9.84. The Labute approximate surface area is 117 Å². The summed E-state index contributed by atoms with van der Waals surface area (Å²) in [6, 6.07) is 0.583. The van der Waals surface area contributed by atoms with Crippen molar-refractivity contribution in [3.8, 4) is 0 Å². The summed E-state index contributed by atoms with van der Waals surface area (Å²) >= 11 is 0. The number of nitrogens with zero attached hydrogens (tertiary/aromatic N) is 3. The maximum absolute atomic E-state index is 4.25. The summed E-state index contributed by atoms with van der Waals surface area (Å²) in [5, 5.41) is 12.1. The molecule has 4 heteroatoms. The van der Waals surface area contributed by atoms with Crippen molar-refractivity contribution in [2.24, 2.45) is 5.92 Å². The molecule has 108 valence electrons. The van der Waals surface area contributed by atoms with E-state index in [1.54, 1.807) is 0 Å². The van der Waals surface area contributed by atoms with Crippen molar-refractivity contribution in [2.75, 3.05) is 0 Å². The first-order valence-corrected chi connectivity index (χ1v) is 7.62. The molecule has 0 spiro atoms. The molecule has 1 atom stereocenters. The van der Waals surface area contributed by atoms with Crippen molar-refractivity contribution in [1.29, 1.82) is 0 Å². The predicted octanol–water partition coefficient (Wildman–Crippen LogP) is 3.09. The van der Waals surface area contributed by atoms with Gasteiger partial charge in [-0.15, -0.1) is 5.10 Å². The van der Waals surface area contributed by atoms with Crippen LogP contribution in [-0.2, 0) is 12.1 Å². The Balaban J connectivity index is 1.83. The minimum atomic E-state index is 0.0141. The highest BCUT2D eigenvalue weighted by atomic mass is 15.4. The van der Waals surface area contributed by atoms with Gasteiger partial charge in [0.15, 0.2) is 0 Å². The largest absolute Gasteiger partial charge is 0.308 e. The Morgan fingerprint density at radius 3 is 2.58 bits per heavy atom. The van der Waals surface area contributed by atoms with Crippen LogP contribution in [0.25, 0.3) is 0 Å². The topological polar surface area (TPSA) is 42.7 Å². The predicted molar refractivity (Wildman–Crippen MR) is 77.9 cm³/mol. The summed E-state index contributed by atoms with van der Waals surface area (Å²) in [6.07, 6.45) is 9.03. The second-order valence-corrected chi connectivity index (χ2v) is 6.89. The molecule has 0 aliphatic heterocycles. The van der Waals surface area contributed by atoms with Crippen LogP contribution in [0.1, 0.15) is 65.5 Å². The lowest BCUT2D eigenvalue weighted by Crippen LogP contribution is -2.34. The van der Waals surface area contributed by atoms with E-state index in [0.29, 0.717) is 6.04 Å². The van der Waals surface area contributed by atoms with Crippen LogP contribution < -0.4 is 5.32 Å². The smallest absolute Gasteiger partial charge is 0.0965 e. The third-order valence-electron chi connectivity index (χ3n) is 4.19. The summed E-state index contributed by atoms with van der Waals surface area (Å²) in [7, 11) is 0. The van der Waals surface area contributed by atoms with Gasteiger partial charge in [0.05, 0.1) is 17.4 Å². The lowest BCUT2D eigenvalue weighted by Gasteiger charge is -2.28. The first-order chi connectivity index (χ1) is 8.97. The molecule has 2 rings (SSSR count). The molecule has 1 aromatic heterocycles. The second kappa shape index (κ2) is 6.04. The molecule has 1 aliphatic rings. The molecule has 0 bridgehead atoms. The quantitative estimate of drug-likeness (QED) is 0.908. The van der Waals surface area contributed by atoms with Gasteiger partial charge in [0, 0.05) is 12.6 Å². The van der Waals surface area contributed by atoms with Crippen LogP contribution in [-0.4, -0.2) is 21.0 Å². The molecular formula is C15H28N4. The summed E-state index contributed by atoms with van der Waals surface area (Å²) in [6.45, 7) is 9.56. The molecular weight excluding hydrogens is 236 g/mol. The van der Waals surface area contributed by atoms with Gasteiger partial charge in [0.25, 0.3) is 0 Å². The number of nitrogens with one attached hydrogen (secondary N) is 1. The van der Waals surface area contributed by atoms with E-state index in [4.69, 9.17) is 0 Å². The second-order valence-electron chi connectivity index (χ2n) is 6.89. The van der Waals surface area contributed by atoms with Gasteiger partial charge in [0.2, 0.25) is 0 Å². The highest BCUT2D eigenvalue weighted by molar-refractivity contribution is 4.94. The third-order valence-corrected chi connectivity index (χ3v) is 4.19. The van der Waals surface area contributed by atoms with Gasteiger partial charge in [-0.3, -0.25) is 0 Å². The fraction of sp³-hybridized carbons (Fsp3) is 0.867. The Kier molecular flexibility index (Phi) is 4.61. The van der Waals surface area contributed by atoms with Gasteiger partial charge in [-0.1, -0.05) is 24.5 Å². The Hall–Kier alpha value is -0.900. The molecule has 19 heavy (non-hydrogen) atoms. The average molecular weight is 264 g/mol. The first-order valence-electron chi connectivity index (χ1n) is 7.62. The third kappa shape index (κ3) is 4.03. The highest BCUT2D eigenvalue weighted by Gasteiger charge is 2.20. The molecule has 1 heterocycles. The minimum Gasteiger partial charge on any atom is -0.308 e. The van der Waals surface area contributed by atoms with Crippen LogP contribution in [0.15, 0.2) is 6.20 Å². The number of hydrogen-bond donors (Lipinski definition) is 1. The van der Waals surface area contributed by atoms with Crippen molar-refractivity contribution in [3.05, 3.63) is 11.9 Å². The van der Waals surface area contributed by atoms with E-state index in [1.165, 1.54) is 32.1 Å². The molecule has 1 aliphatic carbocycles. The lowest BCUT2D eigenvalue weighted by molar-refractivity contribution is 0.280. The molecule has 0 amide bonds. The summed E-state index contributed by atoms with van der Waals surface area (Å²) in [5.74, 6) is 0.839. The molecule has 4 nitrogen and oxygen atoms in total. The van der Waals surface area contributed by atoms with Gasteiger partial charge in [-0.05, 0) is 46.5 Å². The van der Waals surface area contributed by atoms with Crippen molar-refractivity contribution >= 4 is 0 Å². The first kappa shape index (κ1) is 14.5.